The molecule has 1 heterocycles. The van der Waals surface area contributed by atoms with Crippen molar-refractivity contribution in [1.82, 2.24) is 4.90 Å². The summed E-state index contributed by atoms with van der Waals surface area (Å²) in [5.74, 6) is 0.282. The van der Waals surface area contributed by atoms with Gasteiger partial charge in [-0.15, -0.1) is 0 Å². The second-order valence-corrected chi connectivity index (χ2v) is 5.84. The molecule has 0 unspecified atom stereocenters. The number of nitrogens with zero attached hydrogens (tertiary/aromatic N) is 1. The molecule has 0 spiro atoms. The predicted octanol–water partition coefficient (Wildman–Crippen LogP) is 2.48. The summed E-state index contributed by atoms with van der Waals surface area (Å²) in [5.41, 5.74) is 0.871. The van der Waals surface area contributed by atoms with Crippen LogP contribution in [0.1, 0.15) is 12.0 Å². The van der Waals surface area contributed by atoms with Gasteiger partial charge in [0.1, 0.15) is 5.75 Å². The number of phenols is 1. The molecule has 0 aromatic heterocycles. The maximum atomic E-state index is 9.89. The summed E-state index contributed by atoms with van der Waals surface area (Å²) in [5, 5.41) is 19.3. The molecule has 1 aromatic carbocycles. The van der Waals surface area contributed by atoms with E-state index >= 15 is 0 Å². The Morgan fingerprint density at radius 1 is 1.38 bits per heavy atom. The van der Waals surface area contributed by atoms with Gasteiger partial charge in [0.25, 0.3) is 0 Å². The lowest BCUT2D eigenvalue weighted by Crippen LogP contribution is -2.21. The third kappa shape index (κ3) is 2.77. The highest BCUT2D eigenvalue weighted by Crippen LogP contribution is 2.32. The van der Waals surface area contributed by atoms with Gasteiger partial charge in [-0.1, -0.05) is 15.9 Å². The number of likely N-dealkylation sites (tertiary alicyclic amines) is 1. The zero-order chi connectivity index (χ0) is 11.7. The molecule has 2 N–H and O–H groups in total. The molecule has 0 radical (unpaired) electrons. The quantitative estimate of drug-likeness (QED) is 0.861. The minimum atomic E-state index is -0.224. The summed E-state index contributed by atoms with van der Waals surface area (Å²) >= 11 is 6.71. The largest absolute Gasteiger partial charge is 0.506 e. The number of aliphatic hydroxyl groups is 1. The Hall–Kier alpha value is -0.100. The van der Waals surface area contributed by atoms with Crippen LogP contribution in [0.5, 0.6) is 5.75 Å². The van der Waals surface area contributed by atoms with Gasteiger partial charge in [0, 0.05) is 29.7 Å². The second kappa shape index (κ2) is 5.04. The van der Waals surface area contributed by atoms with Gasteiger partial charge >= 0.3 is 0 Å². The number of phenolic OH excluding ortho intramolecular Hbond substituents is 1. The van der Waals surface area contributed by atoms with Crippen LogP contribution in [0.4, 0.5) is 0 Å². The van der Waals surface area contributed by atoms with Crippen molar-refractivity contribution in [3.8, 4) is 5.75 Å². The zero-order valence-electron chi connectivity index (χ0n) is 8.66. The van der Waals surface area contributed by atoms with E-state index < -0.39 is 0 Å². The fraction of sp³-hybridized carbons (Fsp3) is 0.455. The zero-order valence-corrected chi connectivity index (χ0v) is 11.8. The summed E-state index contributed by atoms with van der Waals surface area (Å²) < 4.78 is 1.63. The van der Waals surface area contributed by atoms with Gasteiger partial charge in [0.15, 0.2) is 0 Å². The van der Waals surface area contributed by atoms with Crippen LogP contribution in [0.2, 0.25) is 0 Å². The smallest absolute Gasteiger partial charge is 0.134 e. The Bertz CT molecular complexity index is 398. The number of rotatable bonds is 2. The normalized spacial score (nSPS) is 21.6. The van der Waals surface area contributed by atoms with Crippen molar-refractivity contribution in [1.29, 1.82) is 0 Å². The average Bonchev–Trinajstić information content (AvgIpc) is 2.60. The number of hydrogen-bond acceptors (Lipinski definition) is 3. The number of hydrogen-bond donors (Lipinski definition) is 2. The van der Waals surface area contributed by atoms with Crippen LogP contribution in [0.25, 0.3) is 0 Å². The van der Waals surface area contributed by atoms with Crippen LogP contribution in [-0.4, -0.2) is 34.3 Å². The van der Waals surface area contributed by atoms with Gasteiger partial charge in [-0.25, -0.2) is 0 Å². The van der Waals surface area contributed by atoms with Crippen molar-refractivity contribution in [2.75, 3.05) is 13.1 Å². The first kappa shape index (κ1) is 12.4. The molecule has 1 aromatic rings. The van der Waals surface area contributed by atoms with Crippen molar-refractivity contribution < 1.29 is 10.2 Å². The first-order valence-corrected chi connectivity index (χ1v) is 6.72. The fourth-order valence-electron chi connectivity index (χ4n) is 1.94. The van der Waals surface area contributed by atoms with Crippen molar-refractivity contribution in [2.45, 2.75) is 19.1 Å². The van der Waals surface area contributed by atoms with E-state index in [1.807, 2.05) is 12.1 Å². The van der Waals surface area contributed by atoms with E-state index in [0.717, 1.165) is 23.0 Å². The SMILES string of the molecule is Oc1c(Br)cc(Br)cc1CN1CC[C@H](O)C1. The van der Waals surface area contributed by atoms with Crippen LogP contribution in [0.3, 0.4) is 0 Å². The van der Waals surface area contributed by atoms with Crippen LogP contribution < -0.4 is 0 Å². The molecule has 0 amide bonds. The van der Waals surface area contributed by atoms with E-state index in [4.69, 9.17) is 0 Å². The molecule has 1 saturated heterocycles. The Kier molecular flexibility index (Phi) is 3.89. The number of aromatic hydroxyl groups is 1. The third-order valence-corrected chi connectivity index (χ3v) is 3.81. The minimum absolute atomic E-state index is 0.224. The fourth-order valence-corrected chi connectivity index (χ4v) is 3.25. The van der Waals surface area contributed by atoms with Crippen LogP contribution >= 0.6 is 31.9 Å². The molecular weight excluding hydrogens is 338 g/mol. The van der Waals surface area contributed by atoms with Gasteiger partial charge in [-0.2, -0.15) is 0 Å². The van der Waals surface area contributed by atoms with E-state index in [1.165, 1.54) is 0 Å². The number of benzene rings is 1. The summed E-state index contributed by atoms with van der Waals surface area (Å²) in [7, 11) is 0. The second-order valence-electron chi connectivity index (χ2n) is 4.07. The molecule has 0 saturated carbocycles. The number of β-amino-alcohol motifs (C(OH)–C–C–N with tert-alkyl or cyclic N) is 1. The maximum Gasteiger partial charge on any atom is 0.134 e. The van der Waals surface area contributed by atoms with Crippen LogP contribution in [-0.2, 0) is 6.54 Å². The predicted molar refractivity (Wildman–Crippen MR) is 69.4 cm³/mol. The van der Waals surface area contributed by atoms with E-state index in [0.29, 0.717) is 17.6 Å². The molecule has 1 aliphatic heterocycles. The molecule has 0 aliphatic carbocycles. The number of aliphatic hydroxyl groups excluding tert-OH is 1. The molecule has 88 valence electrons. The maximum absolute atomic E-state index is 9.89. The van der Waals surface area contributed by atoms with Crippen molar-refractivity contribution in [3.05, 3.63) is 26.6 Å². The third-order valence-electron chi connectivity index (χ3n) is 2.75. The average molecular weight is 351 g/mol. The summed E-state index contributed by atoms with van der Waals surface area (Å²) in [6, 6.07) is 3.72. The van der Waals surface area contributed by atoms with Gasteiger partial charge in [-0.3, -0.25) is 4.90 Å². The van der Waals surface area contributed by atoms with Crippen LogP contribution in [0, 0.1) is 0 Å². The molecule has 1 aliphatic rings. The Morgan fingerprint density at radius 2 is 2.12 bits per heavy atom. The van der Waals surface area contributed by atoms with Gasteiger partial charge in [0.2, 0.25) is 0 Å². The van der Waals surface area contributed by atoms with Gasteiger partial charge in [0.05, 0.1) is 10.6 Å². The Balaban J connectivity index is 2.15. The van der Waals surface area contributed by atoms with Crippen molar-refractivity contribution >= 4 is 31.9 Å². The summed E-state index contributed by atoms with van der Waals surface area (Å²) in [4.78, 5) is 2.14. The highest BCUT2D eigenvalue weighted by atomic mass is 79.9. The van der Waals surface area contributed by atoms with Gasteiger partial charge < -0.3 is 10.2 Å². The van der Waals surface area contributed by atoms with Crippen molar-refractivity contribution in [2.24, 2.45) is 0 Å². The first-order valence-electron chi connectivity index (χ1n) is 5.13. The standard InChI is InChI=1S/C11H13Br2NO2/c12-8-3-7(11(16)10(13)4-8)5-14-2-1-9(15)6-14/h3-4,9,15-16H,1-2,5-6H2/t9-/m0/s1. The van der Waals surface area contributed by atoms with E-state index in [1.54, 1.807) is 0 Å². The topological polar surface area (TPSA) is 43.7 Å². The van der Waals surface area contributed by atoms with Gasteiger partial charge in [-0.05, 0) is 34.5 Å². The minimum Gasteiger partial charge on any atom is -0.506 e. The lowest BCUT2D eigenvalue weighted by molar-refractivity contribution is 0.174. The first-order chi connectivity index (χ1) is 7.56. The van der Waals surface area contributed by atoms with E-state index in [-0.39, 0.29) is 11.9 Å². The summed E-state index contributed by atoms with van der Waals surface area (Å²) in [6.07, 6.45) is 0.591. The molecule has 3 nitrogen and oxygen atoms in total. The molecule has 1 fully saturated rings. The highest BCUT2D eigenvalue weighted by Gasteiger charge is 2.21. The molecule has 16 heavy (non-hydrogen) atoms. The molecule has 0 bridgehead atoms. The molecule has 1 atom stereocenters. The Labute approximate surface area is 111 Å². The Morgan fingerprint density at radius 3 is 2.75 bits per heavy atom. The monoisotopic (exact) mass is 349 g/mol. The molecule has 5 heteroatoms. The molecule has 2 rings (SSSR count). The van der Waals surface area contributed by atoms with Crippen molar-refractivity contribution in [3.63, 3.8) is 0 Å². The molecular formula is C11H13Br2NO2. The van der Waals surface area contributed by atoms with Crippen LogP contribution in [0.15, 0.2) is 21.1 Å². The highest BCUT2D eigenvalue weighted by molar-refractivity contribution is 9.11. The lowest BCUT2D eigenvalue weighted by atomic mass is 10.2. The van der Waals surface area contributed by atoms with E-state index in [2.05, 4.69) is 36.8 Å². The lowest BCUT2D eigenvalue weighted by Gasteiger charge is -2.16. The summed E-state index contributed by atoms with van der Waals surface area (Å²) in [6.45, 7) is 2.23. The number of halogens is 2. The van der Waals surface area contributed by atoms with E-state index in [9.17, 15) is 10.2 Å².